The second kappa shape index (κ2) is 6.00. The molecule has 1 aromatic heterocycles. The molecule has 0 fully saturated rings. The Morgan fingerprint density at radius 2 is 1.89 bits per heavy atom. The molecule has 0 saturated heterocycles. The number of nitrogens with zero attached hydrogens (tertiary/aromatic N) is 1. The summed E-state index contributed by atoms with van der Waals surface area (Å²) in [6.07, 6.45) is 1.73. The summed E-state index contributed by atoms with van der Waals surface area (Å²) in [4.78, 5) is 22.6. The summed E-state index contributed by atoms with van der Waals surface area (Å²) in [5, 5.41) is 0. The fourth-order valence-electron chi connectivity index (χ4n) is 1.69. The van der Waals surface area contributed by atoms with Crippen molar-refractivity contribution in [2.45, 2.75) is 13.5 Å². The van der Waals surface area contributed by atoms with Gasteiger partial charge >= 0.3 is 0 Å². The van der Waals surface area contributed by atoms with Gasteiger partial charge in [0, 0.05) is 17.8 Å². The Labute approximate surface area is 111 Å². The number of pyridine rings is 1. The van der Waals surface area contributed by atoms with Gasteiger partial charge in [-0.3, -0.25) is 9.59 Å². The quantitative estimate of drug-likeness (QED) is 0.771. The third-order valence-corrected chi connectivity index (χ3v) is 2.76. The Bertz CT molecular complexity index is 614. The number of rotatable bonds is 5. The van der Waals surface area contributed by atoms with E-state index in [4.69, 9.17) is 4.74 Å². The number of carbonyl (C=O) groups excluding carboxylic acids is 1. The van der Waals surface area contributed by atoms with Gasteiger partial charge in [-0.2, -0.15) is 0 Å². The van der Waals surface area contributed by atoms with Crippen LogP contribution in [-0.4, -0.2) is 17.0 Å². The lowest BCUT2D eigenvalue weighted by atomic mass is 10.1. The Kier molecular flexibility index (Phi) is 4.13. The van der Waals surface area contributed by atoms with E-state index in [-0.39, 0.29) is 11.3 Å². The van der Waals surface area contributed by atoms with Crippen LogP contribution < -0.4 is 10.3 Å². The number of aromatic nitrogens is 1. The predicted molar refractivity (Wildman–Crippen MR) is 72.6 cm³/mol. The van der Waals surface area contributed by atoms with Crippen molar-refractivity contribution in [3.05, 3.63) is 64.6 Å². The van der Waals surface area contributed by atoms with Gasteiger partial charge < -0.3 is 9.30 Å². The highest BCUT2D eigenvalue weighted by molar-refractivity contribution is 5.94. The van der Waals surface area contributed by atoms with E-state index in [0.717, 1.165) is 0 Å². The number of hydrogen-bond donors (Lipinski definition) is 0. The van der Waals surface area contributed by atoms with Gasteiger partial charge in [0.15, 0.2) is 5.78 Å². The summed E-state index contributed by atoms with van der Waals surface area (Å²) >= 11 is 0. The van der Waals surface area contributed by atoms with Crippen LogP contribution in [-0.2, 0) is 6.54 Å². The zero-order chi connectivity index (χ0) is 13.7. The molecule has 0 radical (unpaired) electrons. The zero-order valence-electron chi connectivity index (χ0n) is 10.7. The van der Waals surface area contributed by atoms with Crippen LogP contribution in [0.25, 0.3) is 0 Å². The highest BCUT2D eigenvalue weighted by Gasteiger charge is 2.00. The van der Waals surface area contributed by atoms with Crippen molar-refractivity contribution < 1.29 is 9.53 Å². The molecule has 1 heterocycles. The number of ether oxygens (including phenoxy) is 1. The molecule has 0 atom stereocenters. The van der Waals surface area contributed by atoms with E-state index in [1.807, 2.05) is 6.07 Å². The van der Waals surface area contributed by atoms with Crippen LogP contribution in [0.3, 0.4) is 0 Å². The molecular weight excluding hydrogens is 242 g/mol. The van der Waals surface area contributed by atoms with Gasteiger partial charge in [0.1, 0.15) is 12.4 Å². The van der Waals surface area contributed by atoms with Gasteiger partial charge in [-0.1, -0.05) is 6.07 Å². The van der Waals surface area contributed by atoms with Gasteiger partial charge in [-0.15, -0.1) is 0 Å². The summed E-state index contributed by atoms with van der Waals surface area (Å²) in [7, 11) is 0. The molecule has 98 valence electrons. The maximum absolute atomic E-state index is 11.5. The third-order valence-electron chi connectivity index (χ3n) is 2.76. The second-order valence-electron chi connectivity index (χ2n) is 4.16. The fourth-order valence-corrected chi connectivity index (χ4v) is 1.69. The second-order valence-corrected chi connectivity index (χ2v) is 4.16. The average molecular weight is 257 g/mol. The van der Waals surface area contributed by atoms with Crippen LogP contribution >= 0.6 is 0 Å². The van der Waals surface area contributed by atoms with Crippen LogP contribution in [0.1, 0.15) is 17.3 Å². The standard InChI is InChI=1S/C15H15NO3/c1-12(17)13-5-7-14(8-6-13)19-11-10-16-9-3-2-4-15(16)18/h2-9H,10-11H2,1H3. The monoisotopic (exact) mass is 257 g/mol. The van der Waals surface area contributed by atoms with Crippen molar-refractivity contribution in [1.29, 1.82) is 0 Å². The molecule has 0 aliphatic carbocycles. The molecule has 2 rings (SSSR count). The SMILES string of the molecule is CC(=O)c1ccc(OCCn2ccccc2=O)cc1. The maximum atomic E-state index is 11.5. The molecule has 0 N–H and O–H groups in total. The van der Waals surface area contributed by atoms with E-state index >= 15 is 0 Å². The van der Waals surface area contributed by atoms with Gasteiger partial charge in [0.2, 0.25) is 0 Å². The van der Waals surface area contributed by atoms with E-state index < -0.39 is 0 Å². The van der Waals surface area contributed by atoms with Crippen molar-refractivity contribution in [2.24, 2.45) is 0 Å². The van der Waals surface area contributed by atoms with Crippen LogP contribution in [0.5, 0.6) is 5.75 Å². The van der Waals surface area contributed by atoms with Crippen LogP contribution in [0.2, 0.25) is 0 Å². The Hall–Kier alpha value is -2.36. The number of hydrogen-bond acceptors (Lipinski definition) is 3. The first-order valence-electron chi connectivity index (χ1n) is 6.06. The molecule has 0 aliphatic heterocycles. The summed E-state index contributed by atoms with van der Waals surface area (Å²) in [5.74, 6) is 0.719. The van der Waals surface area contributed by atoms with E-state index in [1.165, 1.54) is 13.0 Å². The van der Waals surface area contributed by atoms with Crippen molar-refractivity contribution >= 4 is 5.78 Å². The van der Waals surface area contributed by atoms with E-state index in [9.17, 15) is 9.59 Å². The molecule has 0 spiro atoms. The van der Waals surface area contributed by atoms with Crippen molar-refractivity contribution in [3.8, 4) is 5.75 Å². The molecule has 19 heavy (non-hydrogen) atoms. The molecule has 0 saturated carbocycles. The lowest BCUT2D eigenvalue weighted by molar-refractivity contribution is 0.101. The van der Waals surface area contributed by atoms with E-state index in [0.29, 0.717) is 24.5 Å². The molecule has 0 bridgehead atoms. The first-order valence-corrected chi connectivity index (χ1v) is 6.06. The molecule has 0 amide bonds. The average Bonchev–Trinajstić information content (AvgIpc) is 2.41. The predicted octanol–water partition coefficient (Wildman–Crippen LogP) is 2.13. The molecule has 4 nitrogen and oxygen atoms in total. The van der Waals surface area contributed by atoms with Crippen LogP contribution in [0.15, 0.2) is 53.5 Å². The smallest absolute Gasteiger partial charge is 0.250 e. The minimum absolute atomic E-state index is 0.0300. The summed E-state index contributed by atoms with van der Waals surface area (Å²) in [6, 6.07) is 12.0. The largest absolute Gasteiger partial charge is 0.492 e. The third kappa shape index (κ3) is 3.55. The Morgan fingerprint density at radius 3 is 2.53 bits per heavy atom. The minimum Gasteiger partial charge on any atom is -0.492 e. The Balaban J connectivity index is 1.91. The normalized spacial score (nSPS) is 10.2. The first kappa shape index (κ1) is 13.1. The molecule has 2 aromatic rings. The van der Waals surface area contributed by atoms with E-state index in [1.54, 1.807) is 41.1 Å². The Morgan fingerprint density at radius 1 is 1.16 bits per heavy atom. The number of ketones is 1. The van der Waals surface area contributed by atoms with Crippen LogP contribution in [0, 0.1) is 0 Å². The number of Topliss-reactive ketones (excluding diaryl/α,β-unsaturated/α-hetero) is 1. The topological polar surface area (TPSA) is 48.3 Å². The lowest BCUT2D eigenvalue weighted by Crippen LogP contribution is -2.21. The highest BCUT2D eigenvalue weighted by Crippen LogP contribution is 2.12. The van der Waals surface area contributed by atoms with Gasteiger partial charge in [-0.05, 0) is 37.3 Å². The first-order chi connectivity index (χ1) is 9.16. The van der Waals surface area contributed by atoms with Crippen molar-refractivity contribution in [2.75, 3.05) is 6.61 Å². The van der Waals surface area contributed by atoms with Crippen molar-refractivity contribution in [1.82, 2.24) is 4.57 Å². The minimum atomic E-state index is -0.0435. The van der Waals surface area contributed by atoms with Gasteiger partial charge in [0.25, 0.3) is 5.56 Å². The highest BCUT2D eigenvalue weighted by atomic mass is 16.5. The van der Waals surface area contributed by atoms with Crippen LogP contribution in [0.4, 0.5) is 0 Å². The molecule has 4 heteroatoms. The van der Waals surface area contributed by atoms with Gasteiger partial charge in [0.05, 0.1) is 6.54 Å². The number of carbonyl (C=O) groups is 1. The van der Waals surface area contributed by atoms with Gasteiger partial charge in [-0.25, -0.2) is 0 Å². The fraction of sp³-hybridized carbons (Fsp3) is 0.200. The lowest BCUT2D eigenvalue weighted by Gasteiger charge is -2.08. The van der Waals surface area contributed by atoms with Crippen molar-refractivity contribution in [3.63, 3.8) is 0 Å². The van der Waals surface area contributed by atoms with E-state index in [2.05, 4.69) is 0 Å². The molecule has 1 aromatic carbocycles. The molecule has 0 aliphatic rings. The summed E-state index contributed by atoms with van der Waals surface area (Å²) in [5.41, 5.74) is 0.615. The zero-order valence-corrected chi connectivity index (χ0v) is 10.7. The number of benzene rings is 1. The molecule has 0 unspecified atom stereocenters. The molecular formula is C15H15NO3. The summed E-state index contributed by atoms with van der Waals surface area (Å²) in [6.45, 7) is 2.43. The summed E-state index contributed by atoms with van der Waals surface area (Å²) < 4.78 is 7.12. The maximum Gasteiger partial charge on any atom is 0.250 e.